The molecule has 2 aliphatic rings. The van der Waals surface area contributed by atoms with Crippen molar-refractivity contribution in [2.75, 3.05) is 13.1 Å². The SMILES string of the molecule is CC(Cl)C(=O)N1CCC(NC(=O)CCC2CCCCC2)CC1. The highest BCUT2D eigenvalue weighted by molar-refractivity contribution is 6.30. The zero-order valence-electron chi connectivity index (χ0n) is 13.7. The minimum atomic E-state index is -0.457. The first kappa shape index (κ1) is 17.6. The maximum absolute atomic E-state index is 12.1. The van der Waals surface area contributed by atoms with Gasteiger partial charge in [0.05, 0.1) is 0 Å². The summed E-state index contributed by atoms with van der Waals surface area (Å²) >= 11 is 5.84. The Morgan fingerprint density at radius 1 is 1.14 bits per heavy atom. The second-order valence-corrected chi connectivity index (χ2v) is 7.48. The van der Waals surface area contributed by atoms with E-state index in [1.807, 2.05) is 4.90 Å². The molecule has 1 N–H and O–H groups in total. The topological polar surface area (TPSA) is 49.4 Å². The fourth-order valence-corrected chi connectivity index (χ4v) is 3.74. The molecule has 0 spiro atoms. The summed E-state index contributed by atoms with van der Waals surface area (Å²) in [5.41, 5.74) is 0. The Kier molecular flexibility index (Phi) is 7.00. The molecule has 1 saturated heterocycles. The Morgan fingerprint density at radius 2 is 1.77 bits per heavy atom. The minimum absolute atomic E-state index is 0.00346. The molecule has 1 atom stereocenters. The van der Waals surface area contributed by atoms with Crippen molar-refractivity contribution in [3.63, 3.8) is 0 Å². The van der Waals surface area contributed by atoms with Crippen molar-refractivity contribution in [2.24, 2.45) is 5.92 Å². The molecule has 1 unspecified atom stereocenters. The fourth-order valence-electron chi connectivity index (χ4n) is 3.61. The molecule has 2 amide bonds. The molecule has 1 heterocycles. The van der Waals surface area contributed by atoms with Crippen LogP contribution < -0.4 is 5.32 Å². The van der Waals surface area contributed by atoms with E-state index in [4.69, 9.17) is 11.6 Å². The molecule has 1 aliphatic carbocycles. The normalized spacial score (nSPS) is 22.4. The molecule has 2 fully saturated rings. The van der Waals surface area contributed by atoms with Crippen LogP contribution in [0.25, 0.3) is 0 Å². The van der Waals surface area contributed by atoms with E-state index < -0.39 is 5.38 Å². The van der Waals surface area contributed by atoms with Crippen LogP contribution in [0.1, 0.15) is 64.7 Å². The summed E-state index contributed by atoms with van der Waals surface area (Å²) in [6.07, 6.45) is 9.98. The molecule has 0 aromatic heterocycles. The van der Waals surface area contributed by atoms with E-state index in [0.717, 1.165) is 25.2 Å². The van der Waals surface area contributed by atoms with Crippen LogP contribution in [-0.4, -0.2) is 41.2 Å². The number of piperidine rings is 1. The number of halogens is 1. The summed E-state index contributed by atoms with van der Waals surface area (Å²) in [5, 5.41) is 2.68. The Labute approximate surface area is 139 Å². The summed E-state index contributed by atoms with van der Waals surface area (Å²) in [6, 6.07) is 0.216. The third-order valence-electron chi connectivity index (χ3n) is 5.02. The van der Waals surface area contributed by atoms with Gasteiger partial charge in [0.1, 0.15) is 5.38 Å². The van der Waals surface area contributed by atoms with Gasteiger partial charge < -0.3 is 10.2 Å². The monoisotopic (exact) mass is 328 g/mol. The van der Waals surface area contributed by atoms with Gasteiger partial charge in [-0.15, -0.1) is 11.6 Å². The average Bonchev–Trinajstić information content (AvgIpc) is 2.54. The highest BCUT2D eigenvalue weighted by Crippen LogP contribution is 2.27. The van der Waals surface area contributed by atoms with Crippen LogP contribution in [0.5, 0.6) is 0 Å². The van der Waals surface area contributed by atoms with Crippen molar-refractivity contribution in [1.82, 2.24) is 10.2 Å². The molecule has 1 saturated carbocycles. The lowest BCUT2D eigenvalue weighted by molar-refractivity contribution is -0.131. The predicted molar refractivity (Wildman–Crippen MR) is 88.9 cm³/mol. The van der Waals surface area contributed by atoms with Gasteiger partial charge in [0.15, 0.2) is 0 Å². The number of nitrogens with one attached hydrogen (secondary N) is 1. The van der Waals surface area contributed by atoms with Gasteiger partial charge in [0.2, 0.25) is 11.8 Å². The van der Waals surface area contributed by atoms with Crippen LogP contribution in [-0.2, 0) is 9.59 Å². The molecule has 5 heteroatoms. The van der Waals surface area contributed by atoms with Crippen LogP contribution in [0.15, 0.2) is 0 Å². The molecule has 0 aromatic rings. The van der Waals surface area contributed by atoms with Crippen LogP contribution >= 0.6 is 11.6 Å². The van der Waals surface area contributed by atoms with Gasteiger partial charge >= 0.3 is 0 Å². The maximum atomic E-state index is 12.1. The van der Waals surface area contributed by atoms with E-state index in [-0.39, 0.29) is 17.9 Å². The fraction of sp³-hybridized carbons (Fsp3) is 0.882. The minimum Gasteiger partial charge on any atom is -0.353 e. The molecule has 22 heavy (non-hydrogen) atoms. The van der Waals surface area contributed by atoms with Crippen molar-refractivity contribution in [3.05, 3.63) is 0 Å². The molecule has 0 bridgehead atoms. The zero-order chi connectivity index (χ0) is 15.9. The molecule has 1 aliphatic heterocycles. The molecule has 2 rings (SSSR count). The van der Waals surface area contributed by atoms with Crippen molar-refractivity contribution in [3.8, 4) is 0 Å². The van der Waals surface area contributed by atoms with E-state index in [1.54, 1.807) is 6.92 Å². The number of hydrogen-bond donors (Lipinski definition) is 1. The first-order valence-electron chi connectivity index (χ1n) is 8.78. The first-order chi connectivity index (χ1) is 10.6. The Bertz CT molecular complexity index is 373. The standard InChI is InChI=1S/C17H29ClN2O2/c1-13(18)17(22)20-11-9-15(10-12-20)19-16(21)8-7-14-5-3-2-4-6-14/h13-15H,2-12H2,1H3,(H,19,21). The second-order valence-electron chi connectivity index (χ2n) is 6.83. The van der Waals surface area contributed by atoms with Crippen molar-refractivity contribution in [1.29, 1.82) is 0 Å². The lowest BCUT2D eigenvalue weighted by Gasteiger charge is -2.33. The maximum Gasteiger partial charge on any atom is 0.240 e. The van der Waals surface area contributed by atoms with Gasteiger partial charge in [-0.2, -0.15) is 0 Å². The second kappa shape index (κ2) is 8.76. The van der Waals surface area contributed by atoms with Gasteiger partial charge in [0, 0.05) is 25.6 Å². The average molecular weight is 329 g/mol. The third kappa shape index (κ3) is 5.45. The molecule has 0 aromatic carbocycles. The Balaban J connectivity index is 1.63. The van der Waals surface area contributed by atoms with Gasteiger partial charge in [0.25, 0.3) is 0 Å². The lowest BCUT2D eigenvalue weighted by atomic mass is 9.86. The zero-order valence-corrected chi connectivity index (χ0v) is 14.4. The number of amides is 2. The molecular weight excluding hydrogens is 300 g/mol. The quantitative estimate of drug-likeness (QED) is 0.788. The first-order valence-corrected chi connectivity index (χ1v) is 9.22. The predicted octanol–water partition coefficient (Wildman–Crippen LogP) is 3.08. The van der Waals surface area contributed by atoms with Gasteiger partial charge in [-0.1, -0.05) is 32.1 Å². The largest absolute Gasteiger partial charge is 0.353 e. The summed E-state index contributed by atoms with van der Waals surface area (Å²) in [5.74, 6) is 0.939. The van der Waals surface area contributed by atoms with E-state index >= 15 is 0 Å². The Hall–Kier alpha value is -0.770. The molecule has 0 radical (unpaired) electrons. The van der Waals surface area contributed by atoms with Crippen molar-refractivity contribution in [2.45, 2.75) is 76.1 Å². The van der Waals surface area contributed by atoms with Gasteiger partial charge in [-0.05, 0) is 32.1 Å². The van der Waals surface area contributed by atoms with E-state index in [0.29, 0.717) is 19.5 Å². The highest BCUT2D eigenvalue weighted by atomic mass is 35.5. The lowest BCUT2D eigenvalue weighted by Crippen LogP contribution is -2.48. The summed E-state index contributed by atoms with van der Waals surface area (Å²) in [4.78, 5) is 25.7. The summed E-state index contributed by atoms with van der Waals surface area (Å²) in [6.45, 7) is 3.11. The van der Waals surface area contributed by atoms with Gasteiger partial charge in [-0.3, -0.25) is 9.59 Å². The van der Waals surface area contributed by atoms with Crippen LogP contribution in [0.4, 0.5) is 0 Å². The number of hydrogen-bond acceptors (Lipinski definition) is 2. The van der Waals surface area contributed by atoms with Crippen LogP contribution in [0.3, 0.4) is 0 Å². The Morgan fingerprint density at radius 3 is 2.36 bits per heavy atom. The third-order valence-corrected chi connectivity index (χ3v) is 5.20. The smallest absolute Gasteiger partial charge is 0.240 e. The summed E-state index contributed by atoms with van der Waals surface area (Å²) < 4.78 is 0. The molecule has 4 nitrogen and oxygen atoms in total. The van der Waals surface area contributed by atoms with E-state index in [2.05, 4.69) is 5.32 Å². The summed E-state index contributed by atoms with van der Waals surface area (Å²) in [7, 11) is 0. The van der Waals surface area contributed by atoms with Crippen molar-refractivity contribution >= 4 is 23.4 Å². The van der Waals surface area contributed by atoms with Crippen LogP contribution in [0, 0.1) is 5.92 Å². The number of likely N-dealkylation sites (tertiary alicyclic amines) is 1. The number of carbonyl (C=O) groups excluding carboxylic acids is 2. The number of nitrogens with zero attached hydrogens (tertiary/aromatic N) is 1. The van der Waals surface area contributed by atoms with Crippen LogP contribution in [0.2, 0.25) is 0 Å². The number of rotatable bonds is 5. The number of carbonyl (C=O) groups is 2. The molecule has 126 valence electrons. The van der Waals surface area contributed by atoms with Crippen molar-refractivity contribution < 1.29 is 9.59 Å². The number of alkyl halides is 1. The molecular formula is C17H29ClN2O2. The highest BCUT2D eigenvalue weighted by Gasteiger charge is 2.26. The van der Waals surface area contributed by atoms with E-state index in [9.17, 15) is 9.59 Å². The van der Waals surface area contributed by atoms with Gasteiger partial charge in [-0.25, -0.2) is 0 Å². The van der Waals surface area contributed by atoms with E-state index in [1.165, 1.54) is 32.1 Å².